The van der Waals surface area contributed by atoms with Crippen molar-refractivity contribution in [1.82, 2.24) is 19.9 Å². The summed E-state index contributed by atoms with van der Waals surface area (Å²) in [5, 5.41) is 33.4. The van der Waals surface area contributed by atoms with Crippen LogP contribution in [0.5, 0.6) is 11.8 Å². The van der Waals surface area contributed by atoms with Gasteiger partial charge in [0.15, 0.2) is 5.82 Å². The molecule has 9 rings (SSSR count). The highest BCUT2D eigenvalue weighted by atomic mass is 19.1. The third-order valence-corrected chi connectivity index (χ3v) is 13.1. The maximum Gasteiger partial charge on any atom is 0.319 e. The number of aliphatic hydroxyl groups excluding tert-OH is 1. The minimum Gasteiger partial charge on any atom is -0.508 e. The van der Waals surface area contributed by atoms with Crippen LogP contribution in [0, 0.1) is 17.0 Å². The number of phenolic OH excluding ortho intramolecular Hbond substituents is 1. The number of nitrogens with zero attached hydrogens (tertiary/aromatic N) is 5. The fraction of sp³-hybridized carbons (Fsp3) is 0.614. The molecule has 3 N–H and O–H groups in total. The molecule has 0 spiro atoms. The number of anilines is 1. The molecule has 4 aromatic rings. The van der Waals surface area contributed by atoms with Crippen LogP contribution in [0.15, 0.2) is 30.5 Å². The first-order chi connectivity index (χ1) is 27.5. The van der Waals surface area contributed by atoms with Crippen LogP contribution in [0.3, 0.4) is 0 Å². The highest BCUT2D eigenvalue weighted by molar-refractivity contribution is 6.01. The van der Waals surface area contributed by atoms with E-state index in [1.54, 1.807) is 17.9 Å². The van der Waals surface area contributed by atoms with Gasteiger partial charge in [-0.15, -0.1) is 0 Å². The van der Waals surface area contributed by atoms with Crippen LogP contribution < -0.4 is 9.64 Å². The molecule has 11 nitrogen and oxygen atoms in total. The second-order valence-electron chi connectivity index (χ2n) is 17.0. The summed E-state index contributed by atoms with van der Waals surface area (Å²) in [6.45, 7) is 8.89. The number of aryl methyl sites for hydroxylation is 1. The Morgan fingerprint density at radius 3 is 2.56 bits per heavy atom. The van der Waals surface area contributed by atoms with E-state index in [0.717, 1.165) is 64.3 Å². The van der Waals surface area contributed by atoms with Gasteiger partial charge < -0.3 is 34.4 Å². The maximum atomic E-state index is 17.3. The standard InChI is InChI=1S/C42H51F2N5O6.C2H6/c1-3-30-33(43)10-7-24-14-26(51)17-31(35(24)30)37-36(44)38-32(18-45-37)39(48-19-29(20-50)53-22-41(2,52)21-48)47-40(46-38)54-23-42-11-4-6-34(42)49(13-5-12-42)25-15-27-8-9-28(16-25)55-27;1-2/h7,10,14,17-18,25,27-29,34,50-52H,3-6,8-9,11-13,15-16,19-23H2,1-2H3;1-2H3. The third-order valence-electron chi connectivity index (χ3n) is 13.1. The van der Waals surface area contributed by atoms with E-state index in [2.05, 4.69) is 9.88 Å². The van der Waals surface area contributed by atoms with Gasteiger partial charge in [0.25, 0.3) is 0 Å². The van der Waals surface area contributed by atoms with E-state index < -0.39 is 23.3 Å². The van der Waals surface area contributed by atoms with Crippen LogP contribution in [0.4, 0.5) is 14.6 Å². The number of rotatable bonds is 8. The first-order valence-corrected chi connectivity index (χ1v) is 21.1. The van der Waals surface area contributed by atoms with Crippen molar-refractivity contribution in [3.05, 3.63) is 47.7 Å². The molecule has 4 aliphatic heterocycles. The summed E-state index contributed by atoms with van der Waals surface area (Å²) in [5.41, 5.74) is -0.907. The summed E-state index contributed by atoms with van der Waals surface area (Å²) in [4.78, 5) is 18.7. The topological polar surface area (TPSA) is 134 Å². The number of aromatic nitrogens is 3. The highest BCUT2D eigenvalue weighted by Gasteiger charge is 2.51. The molecule has 2 bridgehead atoms. The summed E-state index contributed by atoms with van der Waals surface area (Å²) in [6, 6.07) is 6.73. The summed E-state index contributed by atoms with van der Waals surface area (Å²) in [6.07, 6.45) is 11.7. The Morgan fingerprint density at radius 1 is 1.04 bits per heavy atom. The Balaban J connectivity index is 0.00000224. The van der Waals surface area contributed by atoms with Crippen molar-refractivity contribution >= 4 is 27.5 Å². The van der Waals surface area contributed by atoms with Crippen LogP contribution in [-0.4, -0.2) is 111 Å². The molecule has 1 saturated carbocycles. The Hall–Kier alpha value is -3.75. The zero-order chi connectivity index (χ0) is 40.1. The van der Waals surface area contributed by atoms with Gasteiger partial charge >= 0.3 is 6.01 Å². The Bertz CT molecular complexity index is 2090. The first-order valence-electron chi connectivity index (χ1n) is 21.1. The number of likely N-dealkylation sites (tertiary alicyclic amines) is 1. The number of hydrogen-bond acceptors (Lipinski definition) is 11. The SMILES string of the molecule is CC.CCc1c(F)ccc2cc(O)cc(-c3ncc4c(N5CC(CO)OCC(C)(O)C5)nc(OCC56CCCC5N(C5CC7CCC(C5)O7)CCC6)nc4c3F)c12. The minimum atomic E-state index is -1.31. The third kappa shape index (κ3) is 7.54. The van der Waals surface area contributed by atoms with Crippen molar-refractivity contribution in [2.75, 3.05) is 44.4 Å². The average molecular weight is 790 g/mol. The fourth-order valence-electron chi connectivity index (χ4n) is 10.6. The van der Waals surface area contributed by atoms with Gasteiger partial charge in [-0.3, -0.25) is 9.88 Å². The molecule has 0 amide bonds. The molecule has 0 radical (unpaired) electrons. The van der Waals surface area contributed by atoms with Crippen molar-refractivity contribution < 1.29 is 38.3 Å². The molecule has 308 valence electrons. The molecular weight excluding hydrogens is 733 g/mol. The van der Waals surface area contributed by atoms with Gasteiger partial charge in [-0.05, 0) is 106 Å². The molecule has 6 heterocycles. The van der Waals surface area contributed by atoms with Gasteiger partial charge in [-0.2, -0.15) is 9.97 Å². The zero-order valence-corrected chi connectivity index (χ0v) is 33.6. The number of fused-ring (bicyclic) bond motifs is 5. The molecule has 6 unspecified atom stereocenters. The molecule has 13 heteroatoms. The number of phenols is 1. The zero-order valence-electron chi connectivity index (χ0n) is 33.6. The number of piperidine rings is 1. The van der Waals surface area contributed by atoms with E-state index in [-0.39, 0.29) is 65.6 Å². The molecule has 2 aromatic heterocycles. The van der Waals surface area contributed by atoms with E-state index >= 15 is 8.78 Å². The van der Waals surface area contributed by atoms with Crippen molar-refractivity contribution in [2.45, 2.75) is 128 Å². The van der Waals surface area contributed by atoms with Crippen LogP contribution in [0.1, 0.15) is 91.0 Å². The number of β-amino-alcohol motifs (C(OH)–C–C–N with tert-alkyl or cyclic N) is 1. The van der Waals surface area contributed by atoms with Crippen molar-refractivity contribution in [3.8, 4) is 23.0 Å². The minimum absolute atomic E-state index is 0.00576. The quantitative estimate of drug-likeness (QED) is 0.169. The molecule has 1 aliphatic carbocycles. The van der Waals surface area contributed by atoms with Crippen molar-refractivity contribution in [1.29, 1.82) is 0 Å². The monoisotopic (exact) mass is 789 g/mol. The second kappa shape index (κ2) is 16.1. The lowest BCUT2D eigenvalue weighted by molar-refractivity contribution is -0.0798. The van der Waals surface area contributed by atoms with Gasteiger partial charge in [0.05, 0.1) is 50.1 Å². The number of benzene rings is 2. The number of aliphatic hydroxyl groups is 2. The van der Waals surface area contributed by atoms with Gasteiger partial charge in [0, 0.05) is 35.8 Å². The van der Waals surface area contributed by atoms with Crippen LogP contribution in [0.2, 0.25) is 0 Å². The van der Waals surface area contributed by atoms with Crippen LogP contribution in [-0.2, 0) is 15.9 Å². The summed E-state index contributed by atoms with van der Waals surface area (Å²) < 4.78 is 51.1. The first kappa shape index (κ1) is 40.0. The molecule has 5 fully saturated rings. The molecule has 2 aromatic carbocycles. The predicted octanol–water partition coefficient (Wildman–Crippen LogP) is 7.09. The second-order valence-corrected chi connectivity index (χ2v) is 17.0. The van der Waals surface area contributed by atoms with E-state index in [0.29, 0.717) is 59.5 Å². The van der Waals surface area contributed by atoms with Crippen LogP contribution >= 0.6 is 0 Å². The maximum absolute atomic E-state index is 17.3. The number of ether oxygens (including phenoxy) is 3. The molecular formula is C44H57F2N5O6. The fourth-order valence-corrected chi connectivity index (χ4v) is 10.6. The Morgan fingerprint density at radius 2 is 1.81 bits per heavy atom. The van der Waals surface area contributed by atoms with E-state index in [1.807, 2.05) is 20.8 Å². The molecule has 57 heavy (non-hydrogen) atoms. The average Bonchev–Trinajstić information content (AvgIpc) is 3.75. The smallest absolute Gasteiger partial charge is 0.319 e. The van der Waals surface area contributed by atoms with Gasteiger partial charge in [0.2, 0.25) is 0 Å². The van der Waals surface area contributed by atoms with E-state index in [4.69, 9.17) is 24.2 Å². The summed E-state index contributed by atoms with van der Waals surface area (Å²) >= 11 is 0. The number of hydrogen-bond donors (Lipinski definition) is 3. The Labute approximate surface area is 333 Å². The normalized spacial score (nSPS) is 30.2. The van der Waals surface area contributed by atoms with Crippen molar-refractivity contribution in [3.63, 3.8) is 0 Å². The highest BCUT2D eigenvalue weighted by Crippen LogP contribution is 2.50. The number of aromatic hydroxyl groups is 1. The van der Waals surface area contributed by atoms with E-state index in [9.17, 15) is 15.3 Å². The number of pyridine rings is 1. The summed E-state index contributed by atoms with van der Waals surface area (Å²) in [7, 11) is 0. The number of halogens is 2. The van der Waals surface area contributed by atoms with Gasteiger partial charge in [-0.25, -0.2) is 8.78 Å². The van der Waals surface area contributed by atoms with Gasteiger partial charge in [-0.1, -0.05) is 33.3 Å². The van der Waals surface area contributed by atoms with E-state index in [1.165, 1.54) is 24.4 Å². The summed E-state index contributed by atoms with van der Waals surface area (Å²) in [5.74, 6) is -0.998. The van der Waals surface area contributed by atoms with Crippen LogP contribution in [0.25, 0.3) is 32.9 Å². The Kier molecular flexibility index (Phi) is 11.3. The molecule has 5 aliphatic rings. The molecule has 6 atom stereocenters. The van der Waals surface area contributed by atoms with Gasteiger partial charge in [0.1, 0.15) is 34.2 Å². The largest absolute Gasteiger partial charge is 0.508 e. The lowest BCUT2D eigenvalue weighted by atomic mass is 9.74. The lowest BCUT2D eigenvalue weighted by Gasteiger charge is -2.50. The lowest BCUT2D eigenvalue weighted by Crippen LogP contribution is -2.57. The molecule has 4 saturated heterocycles. The predicted molar refractivity (Wildman–Crippen MR) is 215 cm³/mol. The van der Waals surface area contributed by atoms with Crippen molar-refractivity contribution in [2.24, 2.45) is 5.41 Å².